The number of H-pyrrole nitrogens is 2. The lowest BCUT2D eigenvalue weighted by Gasteiger charge is -1.89. The SMILES string of the molecule is Cc1c(Br)sc2[nH]c(=O)c(=O)[nH]c12. The van der Waals surface area contributed by atoms with Crippen molar-refractivity contribution in [2.24, 2.45) is 0 Å². The molecule has 0 saturated heterocycles. The van der Waals surface area contributed by atoms with Crippen LogP contribution >= 0.6 is 27.3 Å². The van der Waals surface area contributed by atoms with Crippen molar-refractivity contribution in [1.82, 2.24) is 9.97 Å². The zero-order valence-electron chi connectivity index (χ0n) is 6.60. The highest BCUT2D eigenvalue weighted by molar-refractivity contribution is 9.11. The molecule has 0 aromatic carbocycles. The Balaban J connectivity index is 3.06. The molecule has 68 valence electrons. The molecule has 0 bridgehead atoms. The number of aromatic nitrogens is 2. The van der Waals surface area contributed by atoms with Crippen LogP contribution in [0.15, 0.2) is 13.4 Å². The molecule has 0 amide bonds. The Hall–Kier alpha value is -0.880. The molecule has 4 nitrogen and oxygen atoms in total. The van der Waals surface area contributed by atoms with Crippen LogP contribution < -0.4 is 11.1 Å². The molecule has 0 aliphatic carbocycles. The van der Waals surface area contributed by atoms with E-state index >= 15 is 0 Å². The second-order valence-corrected chi connectivity index (χ2v) is 4.95. The molecular formula is C7H5BrN2O2S. The van der Waals surface area contributed by atoms with E-state index in [9.17, 15) is 9.59 Å². The second kappa shape index (κ2) is 2.81. The Labute approximate surface area is 84.7 Å². The van der Waals surface area contributed by atoms with Gasteiger partial charge in [-0.2, -0.15) is 0 Å². The van der Waals surface area contributed by atoms with E-state index < -0.39 is 11.1 Å². The Morgan fingerprint density at radius 2 is 1.85 bits per heavy atom. The van der Waals surface area contributed by atoms with E-state index in [1.54, 1.807) is 0 Å². The van der Waals surface area contributed by atoms with Crippen molar-refractivity contribution >= 4 is 37.6 Å². The third kappa shape index (κ3) is 1.26. The first-order valence-electron chi connectivity index (χ1n) is 3.51. The summed E-state index contributed by atoms with van der Waals surface area (Å²) in [5, 5.41) is 0. The van der Waals surface area contributed by atoms with Gasteiger partial charge in [0.1, 0.15) is 4.83 Å². The predicted octanol–water partition coefficient (Wildman–Crippen LogP) is 1.35. The summed E-state index contributed by atoms with van der Waals surface area (Å²) in [6.45, 7) is 1.87. The topological polar surface area (TPSA) is 65.7 Å². The van der Waals surface area contributed by atoms with E-state index in [0.29, 0.717) is 10.3 Å². The van der Waals surface area contributed by atoms with Crippen LogP contribution in [0.4, 0.5) is 0 Å². The van der Waals surface area contributed by atoms with Crippen LogP contribution in [-0.4, -0.2) is 9.97 Å². The number of halogens is 1. The minimum absolute atomic E-state index is 0.610. The van der Waals surface area contributed by atoms with Gasteiger partial charge in [0.05, 0.1) is 9.30 Å². The van der Waals surface area contributed by atoms with Gasteiger partial charge in [0.25, 0.3) is 0 Å². The van der Waals surface area contributed by atoms with Crippen LogP contribution in [0, 0.1) is 6.92 Å². The molecule has 6 heteroatoms. The van der Waals surface area contributed by atoms with Crippen LogP contribution in [0.1, 0.15) is 5.56 Å². The van der Waals surface area contributed by atoms with Crippen molar-refractivity contribution in [2.75, 3.05) is 0 Å². The number of fused-ring (bicyclic) bond motifs is 1. The minimum Gasteiger partial charge on any atom is -0.315 e. The smallest absolute Gasteiger partial charge is 0.314 e. The maximum absolute atomic E-state index is 11.0. The molecule has 0 fully saturated rings. The van der Waals surface area contributed by atoms with Gasteiger partial charge in [0.15, 0.2) is 0 Å². The van der Waals surface area contributed by atoms with Crippen molar-refractivity contribution in [1.29, 1.82) is 0 Å². The average Bonchev–Trinajstić information content (AvgIpc) is 2.32. The largest absolute Gasteiger partial charge is 0.315 e. The van der Waals surface area contributed by atoms with Crippen LogP contribution in [0.2, 0.25) is 0 Å². The number of rotatable bonds is 0. The summed E-state index contributed by atoms with van der Waals surface area (Å²) in [5.74, 6) is 0. The number of aryl methyl sites for hydroxylation is 1. The van der Waals surface area contributed by atoms with Crippen molar-refractivity contribution in [3.63, 3.8) is 0 Å². The number of thiophene rings is 1. The Morgan fingerprint density at radius 1 is 1.23 bits per heavy atom. The summed E-state index contributed by atoms with van der Waals surface area (Å²) < 4.78 is 0.917. The second-order valence-electron chi connectivity index (χ2n) is 2.61. The molecule has 2 aromatic heterocycles. The first kappa shape index (κ1) is 8.71. The van der Waals surface area contributed by atoms with Crippen LogP contribution in [-0.2, 0) is 0 Å². The van der Waals surface area contributed by atoms with Crippen molar-refractivity contribution < 1.29 is 0 Å². The molecule has 13 heavy (non-hydrogen) atoms. The molecular weight excluding hydrogens is 256 g/mol. The van der Waals surface area contributed by atoms with Gasteiger partial charge in [-0.05, 0) is 28.4 Å². The van der Waals surface area contributed by atoms with Gasteiger partial charge in [-0.1, -0.05) is 0 Å². The molecule has 2 heterocycles. The number of hydrogen-bond donors (Lipinski definition) is 2. The zero-order chi connectivity index (χ0) is 9.59. The van der Waals surface area contributed by atoms with Crippen LogP contribution in [0.5, 0.6) is 0 Å². The molecule has 0 aliphatic heterocycles. The van der Waals surface area contributed by atoms with E-state index in [0.717, 1.165) is 9.35 Å². The van der Waals surface area contributed by atoms with Gasteiger partial charge in [-0.15, -0.1) is 11.3 Å². The quantitative estimate of drug-likeness (QED) is 0.703. The average molecular weight is 261 g/mol. The zero-order valence-corrected chi connectivity index (χ0v) is 9.01. The van der Waals surface area contributed by atoms with Gasteiger partial charge in [-0.3, -0.25) is 9.59 Å². The molecule has 0 radical (unpaired) electrons. The van der Waals surface area contributed by atoms with Crippen LogP contribution in [0.25, 0.3) is 10.3 Å². The monoisotopic (exact) mass is 260 g/mol. The molecule has 2 N–H and O–H groups in total. The summed E-state index contributed by atoms with van der Waals surface area (Å²) in [4.78, 5) is 27.7. The van der Waals surface area contributed by atoms with Gasteiger partial charge < -0.3 is 9.97 Å². The van der Waals surface area contributed by atoms with Crippen molar-refractivity contribution in [3.8, 4) is 0 Å². The fourth-order valence-electron chi connectivity index (χ4n) is 1.05. The molecule has 0 saturated carbocycles. The first-order chi connectivity index (χ1) is 6.09. The molecule has 2 rings (SSSR count). The van der Waals surface area contributed by atoms with Crippen molar-refractivity contribution in [2.45, 2.75) is 6.92 Å². The summed E-state index contributed by atoms with van der Waals surface area (Å²) in [7, 11) is 0. The minimum atomic E-state index is -0.610. The number of hydrogen-bond acceptors (Lipinski definition) is 3. The molecule has 0 spiro atoms. The highest BCUT2D eigenvalue weighted by Gasteiger charge is 2.08. The lowest BCUT2D eigenvalue weighted by molar-refractivity contribution is 1.15. The maximum Gasteiger partial charge on any atom is 0.314 e. The summed E-state index contributed by atoms with van der Waals surface area (Å²) >= 11 is 4.72. The summed E-state index contributed by atoms with van der Waals surface area (Å²) in [6, 6.07) is 0. The summed E-state index contributed by atoms with van der Waals surface area (Å²) in [6.07, 6.45) is 0. The van der Waals surface area contributed by atoms with E-state index in [4.69, 9.17) is 0 Å². The Bertz CT molecular complexity index is 580. The molecule has 2 aromatic rings. The normalized spacial score (nSPS) is 10.9. The first-order valence-corrected chi connectivity index (χ1v) is 5.11. The third-order valence-electron chi connectivity index (χ3n) is 1.76. The maximum atomic E-state index is 11.0. The Kier molecular flexibility index (Phi) is 1.88. The summed E-state index contributed by atoms with van der Waals surface area (Å²) in [5.41, 5.74) is 0.414. The van der Waals surface area contributed by atoms with Gasteiger partial charge in [-0.25, -0.2) is 0 Å². The lowest BCUT2D eigenvalue weighted by Crippen LogP contribution is -2.28. The fraction of sp³-hybridized carbons (Fsp3) is 0.143. The van der Waals surface area contributed by atoms with E-state index in [-0.39, 0.29) is 0 Å². The number of aromatic amines is 2. The fourth-order valence-corrected chi connectivity index (χ4v) is 2.62. The van der Waals surface area contributed by atoms with E-state index in [1.807, 2.05) is 6.92 Å². The van der Waals surface area contributed by atoms with E-state index in [2.05, 4.69) is 25.9 Å². The standard InChI is InChI=1S/C7H5BrN2O2S/c1-2-3-7(13-4(2)8)10-6(12)5(11)9-3/h1H3,(H,9,11)(H,10,12). The predicted molar refractivity (Wildman–Crippen MR) is 55.5 cm³/mol. The van der Waals surface area contributed by atoms with Crippen molar-refractivity contribution in [3.05, 3.63) is 30.1 Å². The van der Waals surface area contributed by atoms with E-state index in [1.165, 1.54) is 11.3 Å². The third-order valence-corrected chi connectivity index (χ3v) is 3.84. The number of nitrogens with one attached hydrogen (secondary N) is 2. The Morgan fingerprint density at radius 3 is 2.54 bits per heavy atom. The highest BCUT2D eigenvalue weighted by atomic mass is 79.9. The lowest BCUT2D eigenvalue weighted by atomic mass is 10.3. The highest BCUT2D eigenvalue weighted by Crippen LogP contribution is 2.30. The molecule has 0 unspecified atom stereocenters. The van der Waals surface area contributed by atoms with Crippen LogP contribution in [0.3, 0.4) is 0 Å². The van der Waals surface area contributed by atoms with Gasteiger partial charge in [0, 0.05) is 0 Å². The van der Waals surface area contributed by atoms with Gasteiger partial charge >= 0.3 is 11.1 Å². The molecule has 0 atom stereocenters. The molecule has 0 aliphatic rings. The van der Waals surface area contributed by atoms with Gasteiger partial charge in [0.2, 0.25) is 0 Å².